The van der Waals surface area contributed by atoms with E-state index in [0.29, 0.717) is 17.1 Å². The van der Waals surface area contributed by atoms with Crippen molar-refractivity contribution in [1.29, 1.82) is 0 Å². The Morgan fingerprint density at radius 2 is 2.07 bits per heavy atom. The minimum Gasteiger partial charge on any atom is -0.493 e. The standard InChI is InChI=1S/C21H19Br2IN2O4/c1-4-11(2)29-20-15(23)5-12(6-17(20)28-3)10-25-26-21(27)18-8-13-7-14(22)9-16(24)19(13)30-18/h5-11H,4H2,1-3H3,(H,26,27)/b25-10-/t11-/m1/s1. The van der Waals surface area contributed by atoms with E-state index in [1.165, 1.54) is 6.21 Å². The number of ether oxygens (including phenoxy) is 2. The summed E-state index contributed by atoms with van der Waals surface area (Å²) in [5, 5.41) is 4.88. The summed E-state index contributed by atoms with van der Waals surface area (Å²) in [4.78, 5) is 12.4. The molecule has 3 aromatic rings. The van der Waals surface area contributed by atoms with Crippen LogP contribution in [0.2, 0.25) is 0 Å². The molecule has 1 atom stereocenters. The minimum atomic E-state index is -0.433. The Labute approximate surface area is 204 Å². The average Bonchev–Trinajstić information content (AvgIpc) is 3.14. The van der Waals surface area contributed by atoms with Crippen molar-refractivity contribution in [1.82, 2.24) is 5.43 Å². The van der Waals surface area contributed by atoms with Gasteiger partial charge in [-0.2, -0.15) is 5.10 Å². The summed E-state index contributed by atoms with van der Waals surface area (Å²) < 4.78 is 19.6. The molecule has 0 fully saturated rings. The number of halogens is 3. The van der Waals surface area contributed by atoms with Gasteiger partial charge in [0.1, 0.15) is 5.58 Å². The van der Waals surface area contributed by atoms with Crippen LogP contribution in [-0.4, -0.2) is 25.3 Å². The van der Waals surface area contributed by atoms with Crippen molar-refractivity contribution in [2.45, 2.75) is 26.4 Å². The Balaban J connectivity index is 1.75. The van der Waals surface area contributed by atoms with E-state index in [1.54, 1.807) is 19.2 Å². The predicted molar refractivity (Wildman–Crippen MR) is 133 cm³/mol. The van der Waals surface area contributed by atoms with Gasteiger partial charge < -0.3 is 13.9 Å². The number of hydrazone groups is 1. The molecule has 30 heavy (non-hydrogen) atoms. The van der Waals surface area contributed by atoms with Gasteiger partial charge in [-0.15, -0.1) is 0 Å². The van der Waals surface area contributed by atoms with Gasteiger partial charge in [-0.3, -0.25) is 4.79 Å². The van der Waals surface area contributed by atoms with Crippen molar-refractivity contribution in [2.24, 2.45) is 5.10 Å². The quantitative estimate of drug-likeness (QED) is 0.180. The SMILES string of the molecule is CC[C@@H](C)Oc1c(Br)cc(/C=N\NC(=O)c2cc3cc(Br)cc(I)c3o2)cc1OC. The van der Waals surface area contributed by atoms with Gasteiger partial charge in [0.15, 0.2) is 17.3 Å². The van der Waals surface area contributed by atoms with Crippen LogP contribution >= 0.6 is 54.5 Å². The fourth-order valence-corrected chi connectivity index (χ4v) is 4.84. The predicted octanol–water partition coefficient (Wildman–Crippen LogP) is 6.51. The van der Waals surface area contributed by atoms with Crippen molar-refractivity contribution in [3.8, 4) is 11.5 Å². The van der Waals surface area contributed by atoms with Crippen molar-refractivity contribution >= 4 is 77.5 Å². The number of nitrogens with zero attached hydrogens (tertiary/aromatic N) is 1. The van der Waals surface area contributed by atoms with E-state index in [4.69, 9.17) is 13.9 Å². The van der Waals surface area contributed by atoms with Crippen molar-refractivity contribution in [2.75, 3.05) is 7.11 Å². The first-order chi connectivity index (χ1) is 14.3. The van der Waals surface area contributed by atoms with Crippen molar-refractivity contribution in [3.63, 3.8) is 0 Å². The number of amides is 1. The number of fused-ring (bicyclic) bond motifs is 1. The van der Waals surface area contributed by atoms with Gasteiger partial charge in [0.2, 0.25) is 0 Å². The number of furan rings is 1. The summed E-state index contributed by atoms with van der Waals surface area (Å²) in [6, 6.07) is 9.14. The number of rotatable bonds is 7. The highest BCUT2D eigenvalue weighted by atomic mass is 127. The molecule has 0 bridgehead atoms. The molecular formula is C21H19Br2IN2O4. The Morgan fingerprint density at radius 1 is 1.30 bits per heavy atom. The first-order valence-corrected chi connectivity index (χ1v) is 11.7. The third-order valence-corrected chi connectivity index (χ3v) is 6.13. The molecule has 0 spiro atoms. The second-order valence-corrected chi connectivity index (χ2v) is 9.42. The van der Waals surface area contributed by atoms with Crippen molar-refractivity contribution < 1.29 is 18.7 Å². The number of methoxy groups -OCH3 is 1. The smallest absolute Gasteiger partial charge is 0.307 e. The number of hydrogen-bond donors (Lipinski definition) is 1. The molecule has 0 unspecified atom stereocenters. The number of nitrogens with one attached hydrogen (secondary N) is 1. The zero-order valence-electron chi connectivity index (χ0n) is 16.5. The molecule has 1 heterocycles. The topological polar surface area (TPSA) is 73.1 Å². The average molecular weight is 650 g/mol. The third kappa shape index (κ3) is 5.36. The van der Waals surface area contributed by atoms with E-state index in [0.717, 1.165) is 29.9 Å². The number of carbonyl (C=O) groups is 1. The lowest BCUT2D eigenvalue weighted by Crippen LogP contribution is -2.16. The Bertz CT molecular complexity index is 1110. The fourth-order valence-electron chi connectivity index (χ4n) is 2.62. The summed E-state index contributed by atoms with van der Waals surface area (Å²) in [6.45, 7) is 4.05. The monoisotopic (exact) mass is 648 g/mol. The summed E-state index contributed by atoms with van der Waals surface area (Å²) >= 11 is 9.12. The van der Waals surface area contributed by atoms with Gasteiger partial charge in [-0.25, -0.2) is 5.43 Å². The second-order valence-electron chi connectivity index (χ2n) is 6.49. The molecule has 158 valence electrons. The van der Waals surface area contributed by atoms with Gasteiger partial charge in [-0.05, 0) is 87.8 Å². The molecule has 0 radical (unpaired) electrons. The van der Waals surface area contributed by atoms with Crippen LogP contribution in [-0.2, 0) is 0 Å². The highest BCUT2D eigenvalue weighted by molar-refractivity contribution is 14.1. The molecule has 0 saturated heterocycles. The molecule has 1 amide bonds. The number of carbonyl (C=O) groups excluding carboxylic acids is 1. The van der Waals surface area contributed by atoms with E-state index < -0.39 is 5.91 Å². The maximum absolute atomic E-state index is 12.4. The van der Waals surface area contributed by atoms with Crippen LogP contribution < -0.4 is 14.9 Å². The summed E-state index contributed by atoms with van der Waals surface area (Å²) in [5.41, 5.74) is 3.89. The molecular weight excluding hydrogens is 631 g/mol. The van der Waals surface area contributed by atoms with Crippen LogP contribution in [0.4, 0.5) is 0 Å². The molecule has 9 heteroatoms. The molecule has 0 aliphatic carbocycles. The molecule has 6 nitrogen and oxygen atoms in total. The molecule has 3 rings (SSSR count). The van der Waals surface area contributed by atoms with Gasteiger partial charge in [0.05, 0.1) is 27.5 Å². The van der Waals surface area contributed by atoms with E-state index in [1.807, 2.05) is 25.1 Å². The number of hydrogen-bond acceptors (Lipinski definition) is 5. The van der Waals surface area contributed by atoms with Gasteiger partial charge in [0, 0.05) is 9.86 Å². The van der Waals surface area contributed by atoms with Crippen LogP contribution in [0.5, 0.6) is 11.5 Å². The van der Waals surface area contributed by atoms with Gasteiger partial charge in [-0.1, -0.05) is 22.9 Å². The summed E-state index contributed by atoms with van der Waals surface area (Å²) in [5.74, 6) is 0.970. The first-order valence-electron chi connectivity index (χ1n) is 9.08. The Hall–Kier alpha value is -1.59. The van der Waals surface area contributed by atoms with E-state index in [9.17, 15) is 4.79 Å². The lowest BCUT2D eigenvalue weighted by molar-refractivity contribution is 0.0929. The third-order valence-electron chi connectivity index (χ3n) is 4.28. The van der Waals surface area contributed by atoms with Crippen LogP contribution in [0.15, 0.2) is 48.8 Å². The molecule has 0 aliphatic rings. The Kier molecular flexibility index (Phi) is 7.81. The van der Waals surface area contributed by atoms with Crippen LogP contribution in [0.1, 0.15) is 36.4 Å². The first kappa shape index (κ1) is 23.1. The Morgan fingerprint density at radius 3 is 2.77 bits per heavy atom. The molecule has 0 saturated carbocycles. The lowest BCUT2D eigenvalue weighted by atomic mass is 10.2. The van der Waals surface area contributed by atoms with Crippen LogP contribution in [0.25, 0.3) is 11.0 Å². The molecule has 0 aliphatic heterocycles. The van der Waals surface area contributed by atoms with Crippen LogP contribution in [0.3, 0.4) is 0 Å². The van der Waals surface area contributed by atoms with Gasteiger partial charge >= 0.3 is 5.91 Å². The lowest BCUT2D eigenvalue weighted by Gasteiger charge is -2.17. The normalized spacial score (nSPS) is 12.3. The summed E-state index contributed by atoms with van der Waals surface area (Å²) in [6.07, 6.45) is 2.46. The van der Waals surface area contributed by atoms with E-state index in [2.05, 4.69) is 71.9 Å². The van der Waals surface area contributed by atoms with Crippen LogP contribution in [0, 0.1) is 3.57 Å². The number of benzene rings is 2. The highest BCUT2D eigenvalue weighted by Crippen LogP contribution is 2.37. The molecule has 1 aromatic heterocycles. The summed E-state index contributed by atoms with van der Waals surface area (Å²) in [7, 11) is 1.58. The van der Waals surface area contributed by atoms with E-state index in [-0.39, 0.29) is 11.9 Å². The van der Waals surface area contributed by atoms with E-state index >= 15 is 0 Å². The second kappa shape index (κ2) is 10.1. The fraction of sp³-hybridized carbons (Fsp3) is 0.238. The maximum atomic E-state index is 12.4. The zero-order valence-corrected chi connectivity index (χ0v) is 21.8. The maximum Gasteiger partial charge on any atom is 0.307 e. The largest absolute Gasteiger partial charge is 0.493 e. The highest BCUT2D eigenvalue weighted by Gasteiger charge is 2.15. The van der Waals surface area contributed by atoms with Gasteiger partial charge in [0.25, 0.3) is 0 Å². The molecule has 1 N–H and O–H groups in total. The zero-order chi connectivity index (χ0) is 21.8. The van der Waals surface area contributed by atoms with Crippen molar-refractivity contribution in [3.05, 3.63) is 54.2 Å². The minimum absolute atomic E-state index is 0.0569. The molecule has 2 aromatic carbocycles.